The number of benzene rings is 2. The van der Waals surface area contributed by atoms with Gasteiger partial charge in [-0.1, -0.05) is 33.3 Å². The molecule has 1 aromatic rings. The van der Waals surface area contributed by atoms with Crippen LogP contribution in [-0.2, 0) is 59.8 Å². The van der Waals surface area contributed by atoms with Crippen molar-refractivity contribution in [1.29, 1.82) is 0 Å². The van der Waals surface area contributed by atoms with E-state index in [1.807, 2.05) is 42.2 Å². The number of ether oxygens (including phenoxy) is 2. The molecule has 0 radical (unpaired) electrons. The van der Waals surface area contributed by atoms with Crippen molar-refractivity contribution in [3.8, 4) is 11.3 Å². The highest BCUT2D eigenvalue weighted by atomic mass is 32.2. The van der Waals surface area contributed by atoms with E-state index >= 15 is 0 Å². The van der Waals surface area contributed by atoms with Gasteiger partial charge in [0.05, 0.1) is 16.7 Å². The van der Waals surface area contributed by atoms with Crippen molar-refractivity contribution >= 4 is 49.8 Å². The molecule has 5 rings (SSSR count). The highest BCUT2D eigenvalue weighted by molar-refractivity contribution is 7.86. The minimum atomic E-state index is -4.86. The maximum Gasteiger partial charge on any atom is 0.333 e. The molecule has 1 fully saturated rings. The summed E-state index contributed by atoms with van der Waals surface area (Å²) in [7, 11) is -5.88. The number of fused-ring (bicyclic) bond motifs is 2. The lowest BCUT2D eigenvalue weighted by Gasteiger charge is -2.30. The van der Waals surface area contributed by atoms with E-state index in [-0.39, 0.29) is 37.5 Å². The second-order valence-electron chi connectivity index (χ2n) is 16.7. The molecule has 0 aromatic heterocycles. The minimum Gasteiger partial charge on any atom is -0.744 e. The van der Waals surface area contributed by atoms with Crippen LogP contribution < -0.4 is 14.8 Å². The lowest BCUT2D eigenvalue weighted by Crippen LogP contribution is -2.35. The summed E-state index contributed by atoms with van der Waals surface area (Å²) in [5.41, 5.74) is 2.50. The molecular weight excluding hydrogens is 843 g/mol. The third kappa shape index (κ3) is 12.0. The molecule has 1 aliphatic carbocycles. The zero-order chi connectivity index (χ0) is 45.5. The highest BCUT2D eigenvalue weighted by Gasteiger charge is 2.43. The number of methoxy groups -OCH3 is 2. The van der Waals surface area contributed by atoms with Gasteiger partial charge in [-0.25, -0.2) is 17.8 Å². The lowest BCUT2D eigenvalue weighted by atomic mass is 9.77. The number of allylic oxidation sites excluding steroid dienone is 3. The largest absolute Gasteiger partial charge is 0.744 e. The molecule has 4 aliphatic rings. The number of hydrogen-bond donors (Lipinski definition) is 1. The first kappa shape index (κ1) is 48.3. The zero-order valence-electron chi connectivity index (χ0n) is 36.2. The van der Waals surface area contributed by atoms with E-state index < -0.39 is 54.1 Å². The standard InChI is InChI=1S/C44H57N3O13S2/c1-43(2,3)35-29-32(59-38-28-31(15-17-34(35)38)45(23-25-57-5)24-26-58-6)12-10-13-39-44(4,21-11-27-61(51,52)53)36-30-33(62(54,55)56)16-18-37(36)46(39)22-9-7-8-14-42(50)60-47-40(48)19-20-41(47)49/h10,12-13,15-18,28-30H,7-9,11,14,19-27H2,1-6H3,(H-,51,52,53,54,55,56). The van der Waals surface area contributed by atoms with Crippen LogP contribution in [0.25, 0.3) is 17.4 Å². The van der Waals surface area contributed by atoms with Crippen molar-refractivity contribution in [3.05, 3.63) is 82.6 Å². The molecule has 0 spiro atoms. The Morgan fingerprint density at radius 1 is 0.952 bits per heavy atom. The topological polar surface area (TPSA) is 213 Å². The summed E-state index contributed by atoms with van der Waals surface area (Å²) in [6.45, 7) is 10.9. The Morgan fingerprint density at radius 2 is 1.63 bits per heavy atom. The van der Waals surface area contributed by atoms with Crippen LogP contribution in [0, 0.1) is 0 Å². The third-order valence-corrected chi connectivity index (χ3v) is 12.8. The van der Waals surface area contributed by atoms with Crippen LogP contribution in [0.3, 0.4) is 0 Å². The monoisotopic (exact) mass is 899 g/mol. The Labute approximate surface area is 363 Å². The van der Waals surface area contributed by atoms with E-state index in [4.69, 9.17) is 18.7 Å². The molecule has 1 aromatic carbocycles. The van der Waals surface area contributed by atoms with Crippen LogP contribution in [0.2, 0.25) is 0 Å². The van der Waals surface area contributed by atoms with Gasteiger partial charge in [0.2, 0.25) is 5.36 Å². The second-order valence-corrected chi connectivity index (χ2v) is 19.7. The van der Waals surface area contributed by atoms with Crippen LogP contribution in [-0.4, -0.2) is 102 Å². The molecule has 338 valence electrons. The quantitative estimate of drug-likeness (QED) is 0.0672. The van der Waals surface area contributed by atoms with Gasteiger partial charge >= 0.3 is 5.97 Å². The predicted molar refractivity (Wildman–Crippen MR) is 230 cm³/mol. The Balaban J connectivity index is 1.53. The van der Waals surface area contributed by atoms with Crippen molar-refractivity contribution in [2.45, 2.75) is 94.8 Å². The number of hydrogen-bond acceptors (Lipinski definition) is 13. The molecule has 1 N–H and O–H groups in total. The molecular formula is C44H57N3O13S2. The van der Waals surface area contributed by atoms with Crippen LogP contribution >= 0.6 is 0 Å². The van der Waals surface area contributed by atoms with Gasteiger partial charge in [0.15, 0.2) is 13.1 Å². The number of anilines is 1. The average Bonchev–Trinajstić information content (AvgIpc) is 3.63. The summed E-state index contributed by atoms with van der Waals surface area (Å²) in [6, 6.07) is 12.2. The fourth-order valence-corrected chi connectivity index (χ4v) is 8.93. The van der Waals surface area contributed by atoms with Gasteiger partial charge in [-0.05, 0) is 91.6 Å². The minimum absolute atomic E-state index is 0.00843. The van der Waals surface area contributed by atoms with Crippen molar-refractivity contribution in [1.82, 2.24) is 9.64 Å². The van der Waals surface area contributed by atoms with Crippen LogP contribution in [0.4, 0.5) is 5.69 Å². The fourth-order valence-electron chi connectivity index (χ4n) is 7.92. The molecule has 18 heteroatoms. The molecule has 62 heavy (non-hydrogen) atoms. The van der Waals surface area contributed by atoms with Gasteiger partial charge in [0, 0.05) is 68.5 Å². The fraction of sp³-hybridized carbons (Fsp3) is 0.500. The van der Waals surface area contributed by atoms with E-state index in [9.17, 15) is 40.3 Å². The Bertz CT molecular complexity index is 2440. The van der Waals surface area contributed by atoms with Crippen molar-refractivity contribution in [2.75, 3.05) is 57.7 Å². The Hall–Kier alpha value is -4.72. The number of carbonyl (C=O) groups is 3. The highest BCUT2D eigenvalue weighted by Crippen LogP contribution is 2.51. The summed E-state index contributed by atoms with van der Waals surface area (Å²) < 4.78 is 89.5. The molecule has 1 saturated heterocycles. The van der Waals surface area contributed by atoms with Gasteiger partial charge in [0.1, 0.15) is 34.9 Å². The van der Waals surface area contributed by atoms with E-state index in [1.54, 1.807) is 20.3 Å². The van der Waals surface area contributed by atoms with Gasteiger partial charge < -0.3 is 28.2 Å². The second kappa shape index (κ2) is 20.2. The first-order chi connectivity index (χ1) is 29.2. The van der Waals surface area contributed by atoms with Crippen LogP contribution in [0.1, 0.15) is 95.9 Å². The molecule has 0 bridgehead atoms. The maximum absolute atomic E-state index is 12.5. The smallest absolute Gasteiger partial charge is 0.333 e. The first-order valence-electron chi connectivity index (χ1n) is 20.6. The third-order valence-electron chi connectivity index (χ3n) is 11.1. The van der Waals surface area contributed by atoms with E-state index in [1.165, 1.54) is 12.1 Å². The number of nitrogens with zero attached hydrogens (tertiary/aromatic N) is 3. The Morgan fingerprint density at radius 3 is 2.24 bits per heavy atom. The normalized spacial score (nSPS) is 17.8. The summed E-state index contributed by atoms with van der Waals surface area (Å²) in [6.07, 6.45) is 7.04. The Kier molecular flexibility index (Phi) is 15.7. The molecule has 1 unspecified atom stereocenters. The van der Waals surface area contributed by atoms with Gasteiger partial charge in [-0.15, -0.1) is 5.06 Å². The summed E-state index contributed by atoms with van der Waals surface area (Å²) in [5.74, 6) is -1.14. The zero-order valence-corrected chi connectivity index (χ0v) is 37.8. The molecule has 2 amide bonds. The van der Waals surface area contributed by atoms with E-state index in [2.05, 4.69) is 37.5 Å². The number of imide groups is 1. The molecule has 0 saturated carbocycles. The van der Waals surface area contributed by atoms with Gasteiger partial charge in [0.25, 0.3) is 21.9 Å². The first-order valence-corrected chi connectivity index (χ1v) is 23.6. The molecule has 16 nitrogen and oxygen atoms in total. The SMILES string of the molecule is COCC[N+](CCOC)=c1ccc2c(C(C)(C)C)cc(/C=C/C=C3/N(CCCCCC(=O)ON4C(=O)CCC4=O)c4ccc(S(=O)(=O)[O-])cc4C3(C)CCCS(=O)(=O)O)oc-2c1. The summed E-state index contributed by atoms with van der Waals surface area (Å²) in [4.78, 5) is 42.7. The summed E-state index contributed by atoms with van der Waals surface area (Å²) in [5, 5.41) is 1.45. The maximum atomic E-state index is 12.5. The predicted octanol–water partition coefficient (Wildman–Crippen LogP) is 5.16. The van der Waals surface area contributed by atoms with Crippen molar-refractivity contribution < 1.29 is 59.1 Å². The summed E-state index contributed by atoms with van der Waals surface area (Å²) >= 11 is 0. The molecule has 1 atom stereocenters. The van der Waals surface area contributed by atoms with Crippen molar-refractivity contribution in [3.63, 3.8) is 0 Å². The molecule has 3 aliphatic heterocycles. The number of rotatable bonds is 20. The number of amides is 2. The number of unbranched alkanes of at least 4 members (excludes halogenated alkanes) is 2. The van der Waals surface area contributed by atoms with Gasteiger partial charge in [-0.3, -0.25) is 14.1 Å². The van der Waals surface area contributed by atoms with Crippen LogP contribution in [0.5, 0.6) is 0 Å². The number of carbonyl (C=O) groups excluding carboxylic acids is 3. The van der Waals surface area contributed by atoms with E-state index in [0.29, 0.717) is 85.6 Å². The van der Waals surface area contributed by atoms with Crippen molar-refractivity contribution in [2.24, 2.45) is 0 Å². The average molecular weight is 900 g/mol. The molecule has 3 heterocycles. The van der Waals surface area contributed by atoms with Gasteiger partial charge in [-0.2, -0.15) is 8.42 Å². The van der Waals surface area contributed by atoms with E-state index in [0.717, 1.165) is 16.5 Å². The lowest BCUT2D eigenvalue weighted by molar-refractivity contribution is -0.197. The number of hydroxylamine groups is 2. The van der Waals surface area contributed by atoms with Crippen LogP contribution in [0.15, 0.2) is 69.6 Å².